The van der Waals surface area contributed by atoms with Gasteiger partial charge in [-0.25, -0.2) is 13.2 Å². The SMILES string of the molecule is CN1CCC(C)(NC(=O)c2c(F)ccc(F)c2F)CC1. The molecular formula is C14H17F3N2O. The Bertz CT molecular complexity index is 525. The summed E-state index contributed by atoms with van der Waals surface area (Å²) in [5, 5.41) is 2.63. The van der Waals surface area contributed by atoms with Crippen molar-refractivity contribution in [3.63, 3.8) is 0 Å². The fourth-order valence-electron chi connectivity index (χ4n) is 2.31. The third-order valence-electron chi connectivity index (χ3n) is 3.78. The Labute approximate surface area is 115 Å². The number of nitrogens with one attached hydrogen (secondary N) is 1. The number of hydrogen-bond donors (Lipinski definition) is 1. The Kier molecular flexibility index (Phi) is 4.04. The minimum atomic E-state index is -1.45. The van der Waals surface area contributed by atoms with Gasteiger partial charge >= 0.3 is 0 Å². The van der Waals surface area contributed by atoms with Gasteiger partial charge in [0, 0.05) is 18.6 Å². The molecule has 1 N–H and O–H groups in total. The second-order valence-corrected chi connectivity index (χ2v) is 5.54. The van der Waals surface area contributed by atoms with Crippen molar-refractivity contribution in [3.8, 4) is 0 Å². The summed E-state index contributed by atoms with van der Waals surface area (Å²) in [6.45, 7) is 3.39. The van der Waals surface area contributed by atoms with E-state index in [0.29, 0.717) is 18.9 Å². The second-order valence-electron chi connectivity index (χ2n) is 5.54. The van der Waals surface area contributed by atoms with Gasteiger partial charge < -0.3 is 10.2 Å². The van der Waals surface area contributed by atoms with Gasteiger partial charge in [-0.3, -0.25) is 4.79 Å². The molecule has 1 saturated heterocycles. The molecule has 0 saturated carbocycles. The fraction of sp³-hybridized carbons (Fsp3) is 0.500. The molecule has 0 aliphatic carbocycles. The molecule has 1 aromatic carbocycles. The molecule has 0 unspecified atom stereocenters. The van der Waals surface area contributed by atoms with Gasteiger partial charge in [-0.05, 0) is 38.9 Å². The van der Waals surface area contributed by atoms with E-state index in [0.717, 1.165) is 19.2 Å². The van der Waals surface area contributed by atoms with Crippen molar-refractivity contribution >= 4 is 5.91 Å². The van der Waals surface area contributed by atoms with Crippen molar-refractivity contribution in [3.05, 3.63) is 35.1 Å². The highest BCUT2D eigenvalue weighted by Crippen LogP contribution is 2.23. The Morgan fingerprint density at radius 3 is 2.35 bits per heavy atom. The van der Waals surface area contributed by atoms with Crippen molar-refractivity contribution in [2.75, 3.05) is 20.1 Å². The van der Waals surface area contributed by atoms with E-state index in [-0.39, 0.29) is 0 Å². The van der Waals surface area contributed by atoms with Gasteiger partial charge in [0.2, 0.25) is 0 Å². The van der Waals surface area contributed by atoms with Gasteiger partial charge in [-0.15, -0.1) is 0 Å². The van der Waals surface area contributed by atoms with Crippen LogP contribution in [-0.2, 0) is 0 Å². The van der Waals surface area contributed by atoms with Crippen molar-refractivity contribution in [1.29, 1.82) is 0 Å². The molecule has 1 amide bonds. The van der Waals surface area contributed by atoms with E-state index in [2.05, 4.69) is 10.2 Å². The molecular weight excluding hydrogens is 269 g/mol. The van der Waals surface area contributed by atoms with Crippen LogP contribution in [0.2, 0.25) is 0 Å². The molecule has 110 valence electrons. The Balaban J connectivity index is 2.19. The van der Waals surface area contributed by atoms with Crippen molar-refractivity contribution in [2.24, 2.45) is 0 Å². The molecule has 1 heterocycles. The molecule has 0 bridgehead atoms. The molecule has 6 heteroatoms. The van der Waals surface area contributed by atoms with E-state index in [1.54, 1.807) is 0 Å². The van der Waals surface area contributed by atoms with Crippen LogP contribution in [0.5, 0.6) is 0 Å². The lowest BCUT2D eigenvalue weighted by molar-refractivity contribution is 0.0842. The highest BCUT2D eigenvalue weighted by atomic mass is 19.2. The summed E-state index contributed by atoms with van der Waals surface area (Å²) < 4.78 is 40.2. The summed E-state index contributed by atoms with van der Waals surface area (Å²) in [5.74, 6) is -4.64. The predicted molar refractivity (Wildman–Crippen MR) is 68.9 cm³/mol. The average Bonchev–Trinajstić information content (AvgIpc) is 2.38. The van der Waals surface area contributed by atoms with E-state index >= 15 is 0 Å². The molecule has 0 radical (unpaired) electrons. The number of hydrogen-bond acceptors (Lipinski definition) is 2. The monoisotopic (exact) mass is 286 g/mol. The number of rotatable bonds is 2. The summed E-state index contributed by atoms with van der Waals surface area (Å²) in [5.41, 5.74) is -1.39. The third-order valence-corrected chi connectivity index (χ3v) is 3.78. The number of halogens is 3. The average molecular weight is 286 g/mol. The normalized spacial score (nSPS) is 18.9. The molecule has 1 aliphatic rings. The predicted octanol–water partition coefficient (Wildman–Crippen LogP) is 2.32. The van der Waals surface area contributed by atoms with Crippen LogP contribution >= 0.6 is 0 Å². The number of carbonyl (C=O) groups is 1. The minimum absolute atomic E-state index is 0.533. The Morgan fingerprint density at radius 1 is 1.20 bits per heavy atom. The van der Waals surface area contributed by atoms with Gasteiger partial charge in [-0.1, -0.05) is 0 Å². The second kappa shape index (κ2) is 5.44. The van der Waals surface area contributed by atoms with Crippen molar-refractivity contribution in [1.82, 2.24) is 10.2 Å². The van der Waals surface area contributed by atoms with Crippen LogP contribution < -0.4 is 5.32 Å². The van der Waals surface area contributed by atoms with Gasteiger partial charge in [0.1, 0.15) is 11.4 Å². The molecule has 0 spiro atoms. The lowest BCUT2D eigenvalue weighted by Gasteiger charge is -2.38. The van der Waals surface area contributed by atoms with Crippen LogP contribution in [0.15, 0.2) is 12.1 Å². The standard InChI is InChI=1S/C14H17F3N2O/c1-14(5-7-19(2)8-6-14)18-13(20)11-9(15)3-4-10(16)12(11)17/h3-4H,5-8H2,1-2H3,(H,18,20). The molecule has 0 aromatic heterocycles. The number of nitrogens with zero attached hydrogens (tertiary/aromatic N) is 1. The molecule has 20 heavy (non-hydrogen) atoms. The molecule has 0 atom stereocenters. The van der Waals surface area contributed by atoms with Crippen molar-refractivity contribution in [2.45, 2.75) is 25.3 Å². The zero-order chi connectivity index (χ0) is 14.9. The molecule has 2 rings (SSSR count). The lowest BCUT2D eigenvalue weighted by Crippen LogP contribution is -2.52. The van der Waals surface area contributed by atoms with Crippen molar-refractivity contribution < 1.29 is 18.0 Å². The Hall–Kier alpha value is -1.56. The number of piperidine rings is 1. The van der Waals surface area contributed by atoms with Gasteiger partial charge in [0.15, 0.2) is 11.6 Å². The maximum Gasteiger partial charge on any atom is 0.257 e. The largest absolute Gasteiger partial charge is 0.347 e. The van der Waals surface area contributed by atoms with Crippen LogP contribution in [0.3, 0.4) is 0 Å². The third kappa shape index (κ3) is 2.95. The first-order valence-corrected chi connectivity index (χ1v) is 6.47. The fourth-order valence-corrected chi connectivity index (χ4v) is 2.31. The molecule has 1 aromatic rings. The summed E-state index contributed by atoms with van der Waals surface area (Å²) >= 11 is 0. The van der Waals surface area contributed by atoms with E-state index < -0.39 is 34.5 Å². The number of amides is 1. The molecule has 3 nitrogen and oxygen atoms in total. The number of likely N-dealkylation sites (tertiary alicyclic amines) is 1. The highest BCUT2D eigenvalue weighted by molar-refractivity contribution is 5.95. The van der Waals surface area contributed by atoms with Gasteiger partial charge in [-0.2, -0.15) is 0 Å². The van der Waals surface area contributed by atoms with E-state index in [4.69, 9.17) is 0 Å². The Morgan fingerprint density at radius 2 is 1.75 bits per heavy atom. The van der Waals surface area contributed by atoms with Crippen LogP contribution in [0.4, 0.5) is 13.2 Å². The van der Waals surface area contributed by atoms with Gasteiger partial charge in [0.05, 0.1) is 0 Å². The van der Waals surface area contributed by atoms with E-state index in [1.165, 1.54) is 0 Å². The highest BCUT2D eigenvalue weighted by Gasteiger charge is 2.32. The van der Waals surface area contributed by atoms with E-state index in [1.807, 2.05) is 14.0 Å². The zero-order valence-corrected chi connectivity index (χ0v) is 11.5. The van der Waals surface area contributed by atoms with Crippen LogP contribution in [0, 0.1) is 17.5 Å². The van der Waals surface area contributed by atoms with E-state index in [9.17, 15) is 18.0 Å². The summed E-state index contributed by atoms with van der Waals surface area (Å²) in [7, 11) is 1.97. The van der Waals surface area contributed by atoms with Crippen LogP contribution in [0.1, 0.15) is 30.1 Å². The summed E-state index contributed by atoms with van der Waals surface area (Å²) in [6, 6.07) is 1.42. The summed E-state index contributed by atoms with van der Waals surface area (Å²) in [6.07, 6.45) is 1.35. The first-order valence-electron chi connectivity index (χ1n) is 6.47. The van der Waals surface area contributed by atoms with Crippen LogP contribution in [-0.4, -0.2) is 36.5 Å². The first kappa shape index (κ1) is 14.8. The number of benzene rings is 1. The first-order chi connectivity index (χ1) is 9.32. The topological polar surface area (TPSA) is 32.3 Å². The van der Waals surface area contributed by atoms with Gasteiger partial charge in [0.25, 0.3) is 5.91 Å². The summed E-state index contributed by atoms with van der Waals surface area (Å²) in [4.78, 5) is 14.1. The number of carbonyl (C=O) groups excluding carboxylic acids is 1. The minimum Gasteiger partial charge on any atom is -0.347 e. The maximum atomic E-state index is 13.6. The quantitative estimate of drug-likeness (QED) is 0.846. The van der Waals surface area contributed by atoms with Crippen LogP contribution in [0.25, 0.3) is 0 Å². The molecule has 1 fully saturated rings. The smallest absolute Gasteiger partial charge is 0.257 e. The zero-order valence-electron chi connectivity index (χ0n) is 11.5. The maximum absolute atomic E-state index is 13.6. The molecule has 1 aliphatic heterocycles. The lowest BCUT2D eigenvalue weighted by atomic mass is 9.89.